The van der Waals surface area contributed by atoms with Crippen LogP contribution in [0.1, 0.15) is 12.1 Å². The third-order valence-corrected chi connectivity index (χ3v) is 2.50. The Morgan fingerprint density at radius 2 is 2.62 bits per heavy atom. The van der Waals surface area contributed by atoms with E-state index in [0.29, 0.717) is 6.42 Å². The second-order valence-corrected chi connectivity index (χ2v) is 3.57. The second kappa shape index (κ2) is 5.64. The first-order valence-corrected chi connectivity index (χ1v) is 5.11. The predicted octanol–water partition coefficient (Wildman–Crippen LogP) is 1.21. The van der Waals surface area contributed by atoms with Crippen LogP contribution in [0.25, 0.3) is 0 Å². The summed E-state index contributed by atoms with van der Waals surface area (Å²) in [5.74, 6) is 1.49. The van der Waals surface area contributed by atoms with E-state index in [1.54, 1.807) is 18.0 Å². The summed E-state index contributed by atoms with van der Waals surface area (Å²) < 4.78 is 4.52. The van der Waals surface area contributed by atoms with Gasteiger partial charge in [-0.25, -0.2) is 0 Å². The van der Waals surface area contributed by atoms with E-state index in [4.69, 9.17) is 0 Å². The minimum Gasteiger partial charge on any atom is -0.469 e. The Kier molecular flexibility index (Phi) is 4.39. The van der Waals surface area contributed by atoms with Gasteiger partial charge in [0.1, 0.15) is 0 Å². The maximum absolute atomic E-state index is 10.7. The third kappa shape index (κ3) is 3.98. The van der Waals surface area contributed by atoms with Crippen molar-refractivity contribution >= 4 is 17.7 Å². The number of hydrogen-bond donors (Lipinski definition) is 1. The average molecular weight is 200 g/mol. The quantitative estimate of drug-likeness (QED) is 0.573. The lowest BCUT2D eigenvalue weighted by molar-refractivity contribution is -0.140. The molecule has 0 fully saturated rings. The number of ether oxygens (including phenoxy) is 1. The van der Waals surface area contributed by atoms with Crippen molar-refractivity contribution in [1.29, 1.82) is 0 Å². The topological polar surface area (TPSA) is 55.0 Å². The molecule has 72 valence electrons. The van der Waals surface area contributed by atoms with E-state index in [9.17, 15) is 4.79 Å². The van der Waals surface area contributed by atoms with E-state index in [0.717, 1.165) is 17.2 Å². The number of carbonyl (C=O) groups excluding carboxylic acids is 1. The van der Waals surface area contributed by atoms with Crippen molar-refractivity contribution in [2.45, 2.75) is 12.2 Å². The van der Waals surface area contributed by atoms with Crippen molar-refractivity contribution < 1.29 is 9.53 Å². The Morgan fingerprint density at radius 1 is 1.77 bits per heavy atom. The van der Waals surface area contributed by atoms with Gasteiger partial charge in [0.05, 0.1) is 13.5 Å². The monoisotopic (exact) mass is 200 g/mol. The summed E-state index contributed by atoms with van der Waals surface area (Å²) in [5, 5.41) is 6.67. The fourth-order valence-corrected chi connectivity index (χ4v) is 1.64. The number of nitrogens with zero attached hydrogens (tertiary/aromatic N) is 1. The van der Waals surface area contributed by atoms with Gasteiger partial charge in [-0.2, -0.15) is 16.9 Å². The lowest BCUT2D eigenvalue weighted by Crippen LogP contribution is -2.01. The van der Waals surface area contributed by atoms with Crippen molar-refractivity contribution in [3.8, 4) is 0 Å². The minimum atomic E-state index is -0.155. The van der Waals surface area contributed by atoms with Crippen LogP contribution in [0.2, 0.25) is 0 Å². The molecule has 0 bridgehead atoms. The van der Waals surface area contributed by atoms with Crippen molar-refractivity contribution in [2.24, 2.45) is 0 Å². The Balaban J connectivity index is 2.05. The molecule has 0 unspecified atom stereocenters. The highest BCUT2D eigenvalue weighted by Crippen LogP contribution is 2.10. The van der Waals surface area contributed by atoms with Crippen LogP contribution in [0.4, 0.5) is 0 Å². The van der Waals surface area contributed by atoms with E-state index in [1.165, 1.54) is 7.11 Å². The van der Waals surface area contributed by atoms with E-state index >= 15 is 0 Å². The van der Waals surface area contributed by atoms with Crippen molar-refractivity contribution in [1.82, 2.24) is 10.2 Å². The van der Waals surface area contributed by atoms with Crippen LogP contribution in [0.5, 0.6) is 0 Å². The first-order chi connectivity index (χ1) is 6.33. The highest BCUT2D eigenvalue weighted by Gasteiger charge is 2.00. The summed E-state index contributed by atoms with van der Waals surface area (Å²) in [5.41, 5.74) is 1.08. The van der Waals surface area contributed by atoms with E-state index in [2.05, 4.69) is 14.9 Å². The SMILES string of the molecule is COC(=O)CCSCc1ccn[nH]1. The lowest BCUT2D eigenvalue weighted by atomic mass is 10.5. The first kappa shape index (κ1) is 10.1. The molecular weight excluding hydrogens is 188 g/mol. The van der Waals surface area contributed by atoms with Gasteiger partial charge in [0, 0.05) is 23.4 Å². The maximum Gasteiger partial charge on any atom is 0.306 e. The van der Waals surface area contributed by atoms with E-state index < -0.39 is 0 Å². The normalized spacial score (nSPS) is 9.92. The molecule has 0 aliphatic carbocycles. The van der Waals surface area contributed by atoms with Crippen LogP contribution in [0.15, 0.2) is 12.3 Å². The summed E-state index contributed by atoms with van der Waals surface area (Å²) in [6.07, 6.45) is 2.19. The number of carbonyl (C=O) groups is 1. The summed E-state index contributed by atoms with van der Waals surface area (Å²) in [6.45, 7) is 0. The molecule has 0 aliphatic rings. The zero-order chi connectivity index (χ0) is 9.52. The van der Waals surface area contributed by atoms with Crippen molar-refractivity contribution in [3.05, 3.63) is 18.0 Å². The second-order valence-electron chi connectivity index (χ2n) is 2.46. The smallest absolute Gasteiger partial charge is 0.306 e. The number of thioether (sulfide) groups is 1. The molecular formula is C8H12N2O2S. The van der Waals surface area contributed by atoms with Crippen LogP contribution in [0, 0.1) is 0 Å². The number of aromatic amines is 1. The van der Waals surface area contributed by atoms with Crippen LogP contribution >= 0.6 is 11.8 Å². The zero-order valence-electron chi connectivity index (χ0n) is 7.45. The molecule has 1 rings (SSSR count). The molecule has 1 N–H and O–H groups in total. The fourth-order valence-electron chi connectivity index (χ4n) is 0.805. The molecule has 0 atom stereocenters. The lowest BCUT2D eigenvalue weighted by Gasteiger charge is -1.98. The van der Waals surface area contributed by atoms with E-state index in [-0.39, 0.29) is 5.97 Å². The standard InChI is InChI=1S/C8H12N2O2S/c1-12-8(11)3-5-13-6-7-2-4-9-10-7/h2,4H,3,5-6H2,1H3,(H,9,10). The van der Waals surface area contributed by atoms with Crippen LogP contribution in [-0.2, 0) is 15.3 Å². The van der Waals surface area contributed by atoms with Crippen LogP contribution in [0.3, 0.4) is 0 Å². The maximum atomic E-state index is 10.7. The van der Waals surface area contributed by atoms with Crippen LogP contribution in [-0.4, -0.2) is 29.0 Å². The number of rotatable bonds is 5. The predicted molar refractivity (Wildman–Crippen MR) is 51.4 cm³/mol. The molecule has 5 heteroatoms. The Hall–Kier alpha value is -0.970. The molecule has 0 saturated heterocycles. The molecule has 0 amide bonds. The highest BCUT2D eigenvalue weighted by atomic mass is 32.2. The summed E-state index contributed by atoms with van der Waals surface area (Å²) in [7, 11) is 1.40. The van der Waals surface area contributed by atoms with Gasteiger partial charge in [0.15, 0.2) is 0 Å². The van der Waals surface area contributed by atoms with Gasteiger partial charge in [0.2, 0.25) is 0 Å². The summed E-state index contributed by atoms with van der Waals surface area (Å²) in [6, 6.07) is 1.92. The molecule has 0 spiro atoms. The largest absolute Gasteiger partial charge is 0.469 e. The Bertz CT molecular complexity index is 249. The molecule has 13 heavy (non-hydrogen) atoms. The van der Waals surface area contributed by atoms with Crippen molar-refractivity contribution in [3.63, 3.8) is 0 Å². The van der Waals surface area contributed by atoms with Gasteiger partial charge < -0.3 is 4.74 Å². The molecule has 0 saturated carbocycles. The van der Waals surface area contributed by atoms with Gasteiger partial charge in [-0.1, -0.05) is 0 Å². The van der Waals surface area contributed by atoms with Gasteiger partial charge in [-0.3, -0.25) is 9.89 Å². The minimum absolute atomic E-state index is 0.155. The third-order valence-electron chi connectivity index (χ3n) is 1.49. The molecule has 4 nitrogen and oxygen atoms in total. The van der Waals surface area contributed by atoms with Gasteiger partial charge >= 0.3 is 5.97 Å². The number of esters is 1. The van der Waals surface area contributed by atoms with Crippen molar-refractivity contribution in [2.75, 3.05) is 12.9 Å². The molecule has 0 radical (unpaired) electrons. The number of nitrogens with one attached hydrogen (secondary N) is 1. The molecule has 0 aromatic carbocycles. The highest BCUT2D eigenvalue weighted by molar-refractivity contribution is 7.98. The Labute approximate surface area is 81.1 Å². The van der Waals surface area contributed by atoms with Gasteiger partial charge in [0.25, 0.3) is 0 Å². The molecule has 1 heterocycles. The van der Waals surface area contributed by atoms with Gasteiger partial charge in [-0.15, -0.1) is 0 Å². The number of methoxy groups -OCH3 is 1. The Morgan fingerprint density at radius 3 is 3.23 bits per heavy atom. The first-order valence-electron chi connectivity index (χ1n) is 3.95. The zero-order valence-corrected chi connectivity index (χ0v) is 8.26. The summed E-state index contributed by atoms with van der Waals surface area (Å²) >= 11 is 1.68. The van der Waals surface area contributed by atoms with Gasteiger partial charge in [-0.05, 0) is 6.07 Å². The molecule has 1 aromatic heterocycles. The van der Waals surface area contributed by atoms with E-state index in [1.807, 2.05) is 6.07 Å². The van der Waals surface area contributed by atoms with Crippen LogP contribution < -0.4 is 0 Å². The fraction of sp³-hybridized carbons (Fsp3) is 0.500. The summed E-state index contributed by atoms with van der Waals surface area (Å²) in [4.78, 5) is 10.7. The molecule has 0 aliphatic heterocycles. The average Bonchev–Trinajstić information content (AvgIpc) is 2.64. The number of hydrogen-bond acceptors (Lipinski definition) is 4. The number of aromatic nitrogens is 2. The molecule has 1 aromatic rings. The number of H-pyrrole nitrogens is 1.